The molecule has 0 bridgehead atoms. The number of hydrogen-bond acceptors (Lipinski definition) is 5. The van der Waals surface area contributed by atoms with Crippen LogP contribution in [0.25, 0.3) is 0 Å². The molecule has 0 N–H and O–H groups in total. The van der Waals surface area contributed by atoms with E-state index in [-0.39, 0.29) is 6.79 Å². The van der Waals surface area contributed by atoms with Crippen LogP contribution in [-0.4, -0.2) is 41.2 Å². The average Bonchev–Trinajstić information content (AvgIpc) is 2.81. The minimum atomic E-state index is 0.180. The lowest BCUT2D eigenvalue weighted by molar-refractivity contribution is 0.0483. The summed E-state index contributed by atoms with van der Waals surface area (Å²) in [6, 6.07) is 12.8. The van der Waals surface area contributed by atoms with Crippen LogP contribution in [0.5, 0.6) is 17.2 Å². The predicted octanol–water partition coefficient (Wildman–Crippen LogP) is 5.13. The van der Waals surface area contributed by atoms with Gasteiger partial charge in [-0.1, -0.05) is 33.7 Å². The van der Waals surface area contributed by atoms with Gasteiger partial charge in [0.25, 0.3) is 0 Å². The van der Waals surface area contributed by atoms with E-state index in [4.69, 9.17) is 18.9 Å². The molecular weight excluding hydrogens is 397 g/mol. The summed E-state index contributed by atoms with van der Waals surface area (Å²) < 4.78 is 22.3. The van der Waals surface area contributed by atoms with Crippen LogP contribution in [0.4, 0.5) is 5.69 Å². The van der Waals surface area contributed by atoms with E-state index in [1.165, 1.54) is 30.3 Å². The molecule has 0 saturated carbocycles. The van der Waals surface area contributed by atoms with E-state index in [1.54, 1.807) is 21.3 Å². The smallest absolute Gasteiger partial charge is 0.188 e. The highest BCUT2D eigenvalue weighted by Gasteiger charge is 2.23. The number of nitrogens with zero attached hydrogens (tertiary/aromatic N) is 1. The number of piperidine rings is 1. The molecule has 1 heterocycles. The second-order valence-electron chi connectivity index (χ2n) is 7.47. The zero-order valence-corrected chi connectivity index (χ0v) is 19.6. The fourth-order valence-corrected chi connectivity index (χ4v) is 5.52. The van der Waals surface area contributed by atoms with Crippen LogP contribution in [-0.2, 0) is 4.74 Å². The van der Waals surface area contributed by atoms with Gasteiger partial charge in [-0.3, -0.25) is 0 Å². The summed E-state index contributed by atoms with van der Waals surface area (Å²) in [5.41, 5.74) is 2.78. The summed E-state index contributed by atoms with van der Waals surface area (Å²) in [6.07, 6.45) is 4.88. The first-order valence-electron chi connectivity index (χ1n) is 10.7. The quantitative estimate of drug-likeness (QED) is 0.385. The zero-order chi connectivity index (χ0) is 21.3. The van der Waals surface area contributed by atoms with E-state index in [0.717, 1.165) is 36.6 Å². The molecule has 0 aliphatic carbocycles. The third-order valence-electron chi connectivity index (χ3n) is 5.55. The standard InChI is InChI=1S/C24H34NO4P/c1-5-22(19-15-18(27-3)16-21(28-4)24(19)29-17-26-2)30-23-12-8-7-11-20(23)25-13-9-6-10-14-25/h7-8,11-12,15-16,22,30H,5-6,9-10,13-14,17H2,1-4H3. The van der Waals surface area contributed by atoms with Crippen LogP contribution in [0, 0.1) is 0 Å². The van der Waals surface area contributed by atoms with Crippen molar-refractivity contribution in [1.82, 2.24) is 0 Å². The molecule has 0 spiro atoms. The maximum absolute atomic E-state index is 5.97. The number of rotatable bonds is 10. The molecule has 6 heteroatoms. The van der Waals surface area contributed by atoms with Crippen molar-refractivity contribution < 1.29 is 18.9 Å². The molecule has 2 unspecified atom stereocenters. The second-order valence-corrected chi connectivity index (χ2v) is 8.99. The van der Waals surface area contributed by atoms with Crippen molar-refractivity contribution in [1.29, 1.82) is 0 Å². The Hall–Kier alpha value is -1.97. The van der Waals surface area contributed by atoms with Crippen LogP contribution in [0.1, 0.15) is 43.8 Å². The van der Waals surface area contributed by atoms with Crippen molar-refractivity contribution >= 4 is 19.6 Å². The van der Waals surface area contributed by atoms with Crippen molar-refractivity contribution in [3.63, 3.8) is 0 Å². The number of benzene rings is 2. The normalized spacial score (nSPS) is 15.4. The Labute approximate surface area is 182 Å². The number of anilines is 1. The highest BCUT2D eigenvalue weighted by molar-refractivity contribution is 7.48. The van der Waals surface area contributed by atoms with E-state index >= 15 is 0 Å². The van der Waals surface area contributed by atoms with Gasteiger partial charge in [0.05, 0.1) is 14.2 Å². The van der Waals surface area contributed by atoms with Gasteiger partial charge in [0.1, 0.15) is 5.75 Å². The average molecular weight is 432 g/mol. The van der Waals surface area contributed by atoms with E-state index < -0.39 is 0 Å². The maximum Gasteiger partial charge on any atom is 0.188 e. The van der Waals surface area contributed by atoms with Crippen molar-refractivity contribution in [2.75, 3.05) is 46.1 Å². The first-order valence-corrected chi connectivity index (χ1v) is 11.8. The summed E-state index contributed by atoms with van der Waals surface area (Å²) in [5, 5.41) is 1.41. The van der Waals surface area contributed by atoms with Crippen LogP contribution < -0.4 is 24.4 Å². The molecule has 164 valence electrons. The monoisotopic (exact) mass is 431 g/mol. The van der Waals surface area contributed by atoms with Crippen molar-refractivity contribution in [3.8, 4) is 17.2 Å². The molecule has 30 heavy (non-hydrogen) atoms. The Morgan fingerprint density at radius 3 is 2.43 bits per heavy atom. The molecule has 5 nitrogen and oxygen atoms in total. The molecule has 1 saturated heterocycles. The molecule has 1 fully saturated rings. The highest BCUT2D eigenvalue weighted by Crippen LogP contribution is 2.47. The van der Waals surface area contributed by atoms with Gasteiger partial charge < -0.3 is 23.8 Å². The third-order valence-corrected chi connectivity index (χ3v) is 7.35. The maximum atomic E-state index is 5.97. The molecule has 0 amide bonds. The molecule has 1 aliphatic heterocycles. The topological polar surface area (TPSA) is 40.2 Å². The molecule has 2 atom stereocenters. The largest absolute Gasteiger partial charge is 0.497 e. The van der Waals surface area contributed by atoms with E-state index in [9.17, 15) is 0 Å². The Morgan fingerprint density at radius 1 is 1.00 bits per heavy atom. The first-order chi connectivity index (χ1) is 14.7. The SMILES string of the molecule is CCC(Pc1ccccc1N1CCCCC1)c1cc(OC)cc(OC)c1OCOC. The van der Waals surface area contributed by atoms with E-state index in [2.05, 4.69) is 42.2 Å². The van der Waals surface area contributed by atoms with Crippen LogP contribution in [0.15, 0.2) is 36.4 Å². The van der Waals surface area contributed by atoms with Crippen LogP contribution in [0.3, 0.4) is 0 Å². The highest BCUT2D eigenvalue weighted by atomic mass is 31.1. The van der Waals surface area contributed by atoms with Gasteiger partial charge in [0, 0.05) is 43.2 Å². The lowest BCUT2D eigenvalue weighted by Gasteiger charge is -2.31. The van der Waals surface area contributed by atoms with Gasteiger partial charge in [-0.2, -0.15) is 0 Å². The molecule has 2 aromatic carbocycles. The number of methoxy groups -OCH3 is 3. The first kappa shape index (κ1) is 22.7. The Balaban J connectivity index is 1.96. The van der Waals surface area contributed by atoms with Gasteiger partial charge in [-0.15, -0.1) is 0 Å². The number of ether oxygens (including phenoxy) is 4. The minimum absolute atomic E-state index is 0.180. The predicted molar refractivity (Wildman–Crippen MR) is 126 cm³/mol. The molecular formula is C24H34NO4P. The minimum Gasteiger partial charge on any atom is -0.497 e. The molecule has 2 aromatic rings. The summed E-state index contributed by atoms with van der Waals surface area (Å²) in [4.78, 5) is 2.55. The Kier molecular flexibility index (Phi) is 8.65. The van der Waals surface area contributed by atoms with Crippen molar-refractivity contribution in [2.45, 2.75) is 38.3 Å². The van der Waals surface area contributed by atoms with Gasteiger partial charge >= 0.3 is 0 Å². The second kappa shape index (κ2) is 11.4. The van der Waals surface area contributed by atoms with Gasteiger partial charge in [0.15, 0.2) is 18.3 Å². The van der Waals surface area contributed by atoms with E-state index in [1.807, 2.05) is 6.07 Å². The van der Waals surface area contributed by atoms with Gasteiger partial charge in [-0.25, -0.2) is 0 Å². The van der Waals surface area contributed by atoms with Crippen molar-refractivity contribution in [3.05, 3.63) is 42.0 Å². The summed E-state index contributed by atoms with van der Waals surface area (Å²) in [7, 11) is 5.59. The van der Waals surface area contributed by atoms with Crippen LogP contribution >= 0.6 is 8.58 Å². The van der Waals surface area contributed by atoms with Gasteiger partial charge in [0.2, 0.25) is 0 Å². The summed E-state index contributed by atoms with van der Waals surface area (Å²) in [6.45, 7) is 4.70. The number of hydrogen-bond donors (Lipinski definition) is 0. The lowest BCUT2D eigenvalue weighted by Crippen LogP contribution is -2.32. The zero-order valence-electron chi connectivity index (χ0n) is 18.6. The Bertz CT molecular complexity index is 808. The van der Waals surface area contributed by atoms with Gasteiger partial charge in [-0.05, 0) is 43.1 Å². The fraction of sp³-hybridized carbons (Fsp3) is 0.500. The molecule has 1 aliphatic rings. The molecule has 0 radical (unpaired) electrons. The number of para-hydroxylation sites is 1. The fourth-order valence-electron chi connectivity index (χ4n) is 3.99. The van der Waals surface area contributed by atoms with Crippen molar-refractivity contribution in [2.24, 2.45) is 0 Å². The van der Waals surface area contributed by atoms with E-state index in [0.29, 0.717) is 20.0 Å². The molecule has 3 rings (SSSR count). The third kappa shape index (κ3) is 5.39. The molecule has 0 aromatic heterocycles. The Morgan fingerprint density at radius 2 is 1.77 bits per heavy atom. The summed E-state index contributed by atoms with van der Waals surface area (Å²) >= 11 is 0. The van der Waals surface area contributed by atoms with Crippen LogP contribution in [0.2, 0.25) is 0 Å². The lowest BCUT2D eigenvalue weighted by atomic mass is 10.1. The summed E-state index contributed by atoms with van der Waals surface area (Å²) in [5.74, 6) is 2.20.